The van der Waals surface area contributed by atoms with E-state index >= 15 is 0 Å². The minimum Gasteiger partial charge on any atom is -0.494 e. The highest BCUT2D eigenvalue weighted by molar-refractivity contribution is 7.90. The summed E-state index contributed by atoms with van der Waals surface area (Å²) in [5.74, 6) is 2.35. The van der Waals surface area contributed by atoms with Gasteiger partial charge in [-0.15, -0.1) is 6.42 Å². The van der Waals surface area contributed by atoms with Crippen molar-refractivity contribution < 1.29 is 27.9 Å². The van der Waals surface area contributed by atoms with Crippen molar-refractivity contribution in [3.63, 3.8) is 0 Å². The molecule has 8 nitrogen and oxygen atoms in total. The van der Waals surface area contributed by atoms with Crippen molar-refractivity contribution in [2.24, 2.45) is 5.92 Å². The van der Waals surface area contributed by atoms with Crippen molar-refractivity contribution in [1.29, 1.82) is 0 Å². The molecule has 3 rings (SSSR count). The highest BCUT2D eigenvalue weighted by Gasteiger charge is 2.37. The fourth-order valence-electron chi connectivity index (χ4n) is 4.15. The van der Waals surface area contributed by atoms with Crippen LogP contribution in [-0.4, -0.2) is 61.0 Å². The SMILES string of the molecule is C#CCOC1(Cc2ccccc2OCC)C=CC(S(=O)(=O)N2CCC(C(=O)NO)CC2)C=C1. The molecular formula is C24H30N2O6S. The second kappa shape index (κ2) is 11.0. The number of terminal acetylenes is 1. The summed E-state index contributed by atoms with van der Waals surface area (Å²) >= 11 is 0. The van der Waals surface area contributed by atoms with Crippen LogP contribution in [0.4, 0.5) is 0 Å². The first-order valence-electron chi connectivity index (χ1n) is 10.9. The molecule has 178 valence electrons. The lowest BCUT2D eigenvalue weighted by Gasteiger charge is -2.34. The third-order valence-corrected chi connectivity index (χ3v) is 8.03. The number of rotatable bonds is 9. The first-order valence-corrected chi connectivity index (χ1v) is 12.5. The van der Waals surface area contributed by atoms with Gasteiger partial charge in [-0.2, -0.15) is 0 Å². The summed E-state index contributed by atoms with van der Waals surface area (Å²) in [5.41, 5.74) is 1.68. The Morgan fingerprint density at radius 2 is 1.94 bits per heavy atom. The second-order valence-corrected chi connectivity index (χ2v) is 10.1. The van der Waals surface area contributed by atoms with Crippen molar-refractivity contribution in [2.75, 3.05) is 26.3 Å². The Hall–Kier alpha value is -2.64. The monoisotopic (exact) mass is 474 g/mol. The van der Waals surface area contributed by atoms with Gasteiger partial charge in [-0.25, -0.2) is 18.2 Å². The van der Waals surface area contributed by atoms with Gasteiger partial charge in [-0.3, -0.25) is 10.0 Å². The number of hydrogen-bond acceptors (Lipinski definition) is 6. The van der Waals surface area contributed by atoms with Gasteiger partial charge in [0.2, 0.25) is 15.9 Å². The van der Waals surface area contributed by atoms with E-state index in [2.05, 4.69) is 5.92 Å². The quantitative estimate of drug-likeness (QED) is 0.246. The molecule has 1 fully saturated rings. The van der Waals surface area contributed by atoms with Crippen LogP contribution >= 0.6 is 0 Å². The zero-order valence-electron chi connectivity index (χ0n) is 18.6. The lowest BCUT2D eigenvalue weighted by Crippen LogP contribution is -2.46. The number of ether oxygens (including phenoxy) is 2. The third-order valence-electron chi connectivity index (χ3n) is 5.94. The molecule has 9 heteroatoms. The second-order valence-electron chi connectivity index (χ2n) is 8.04. The molecule has 1 aromatic rings. The van der Waals surface area contributed by atoms with Crippen LogP contribution in [0.2, 0.25) is 0 Å². The van der Waals surface area contributed by atoms with E-state index in [1.807, 2.05) is 31.2 Å². The average molecular weight is 475 g/mol. The number of carbonyl (C=O) groups is 1. The number of piperidine rings is 1. The minimum absolute atomic E-state index is 0.0728. The number of amides is 1. The summed E-state index contributed by atoms with van der Waals surface area (Å²) in [7, 11) is -3.66. The number of benzene rings is 1. The molecule has 0 aromatic heterocycles. The summed E-state index contributed by atoms with van der Waals surface area (Å²) in [4.78, 5) is 11.6. The summed E-state index contributed by atoms with van der Waals surface area (Å²) in [6.07, 6.45) is 13.3. The predicted molar refractivity (Wildman–Crippen MR) is 124 cm³/mol. The summed E-state index contributed by atoms with van der Waals surface area (Å²) in [6, 6.07) is 7.64. The van der Waals surface area contributed by atoms with Gasteiger partial charge >= 0.3 is 0 Å². The molecule has 0 unspecified atom stereocenters. The summed E-state index contributed by atoms with van der Waals surface area (Å²) < 4.78 is 39.5. The van der Waals surface area contributed by atoms with Crippen LogP contribution in [0.3, 0.4) is 0 Å². The van der Waals surface area contributed by atoms with Crippen molar-refractivity contribution in [1.82, 2.24) is 9.79 Å². The van der Waals surface area contributed by atoms with Gasteiger partial charge in [-0.05, 0) is 31.4 Å². The molecule has 1 saturated heterocycles. The number of carbonyl (C=O) groups excluding carboxylic acids is 1. The van der Waals surface area contributed by atoms with Crippen LogP contribution in [0.25, 0.3) is 0 Å². The Labute approximate surface area is 195 Å². The number of hydroxylamine groups is 1. The number of nitrogens with one attached hydrogen (secondary N) is 1. The van der Waals surface area contributed by atoms with Crippen LogP contribution in [0, 0.1) is 18.3 Å². The molecule has 0 saturated carbocycles. The molecule has 1 heterocycles. The van der Waals surface area contributed by atoms with Crippen molar-refractivity contribution in [3.05, 3.63) is 54.1 Å². The molecule has 0 atom stereocenters. The van der Waals surface area contributed by atoms with Crippen LogP contribution in [0.15, 0.2) is 48.6 Å². The van der Waals surface area contributed by atoms with E-state index in [9.17, 15) is 13.2 Å². The van der Waals surface area contributed by atoms with E-state index in [0.717, 1.165) is 11.3 Å². The minimum atomic E-state index is -3.66. The average Bonchev–Trinajstić information content (AvgIpc) is 2.84. The van der Waals surface area contributed by atoms with Crippen molar-refractivity contribution in [2.45, 2.75) is 37.0 Å². The Bertz CT molecular complexity index is 1020. The van der Waals surface area contributed by atoms with Crippen molar-refractivity contribution >= 4 is 15.9 Å². The molecule has 1 amide bonds. The Morgan fingerprint density at radius 3 is 2.55 bits per heavy atom. The van der Waals surface area contributed by atoms with E-state index in [1.54, 1.807) is 29.8 Å². The zero-order chi connectivity index (χ0) is 23.9. The van der Waals surface area contributed by atoms with Gasteiger partial charge in [0, 0.05) is 25.4 Å². The molecule has 0 spiro atoms. The van der Waals surface area contributed by atoms with Crippen LogP contribution in [-0.2, 0) is 26.0 Å². The Morgan fingerprint density at radius 1 is 1.27 bits per heavy atom. The van der Waals surface area contributed by atoms with Gasteiger partial charge in [-0.1, -0.05) is 48.4 Å². The normalized spacial score (nSPS) is 23.7. The van der Waals surface area contributed by atoms with E-state index in [1.165, 1.54) is 4.31 Å². The number of hydrogen-bond donors (Lipinski definition) is 2. The highest BCUT2D eigenvalue weighted by atomic mass is 32.2. The fourth-order valence-corrected chi connectivity index (χ4v) is 5.77. The summed E-state index contributed by atoms with van der Waals surface area (Å²) in [5, 5.41) is 7.96. The van der Waals surface area contributed by atoms with Gasteiger partial charge in [0.05, 0.1) is 6.61 Å². The van der Waals surface area contributed by atoms with Crippen LogP contribution in [0.1, 0.15) is 25.3 Å². The number of sulfonamides is 1. The largest absolute Gasteiger partial charge is 0.494 e. The fraction of sp³-hybridized carbons (Fsp3) is 0.458. The molecular weight excluding hydrogens is 444 g/mol. The number of para-hydroxylation sites is 1. The smallest absolute Gasteiger partial charge is 0.246 e. The van der Waals surface area contributed by atoms with E-state index < -0.39 is 32.7 Å². The first kappa shape index (κ1) is 25.0. The van der Waals surface area contributed by atoms with Gasteiger partial charge in [0.1, 0.15) is 23.2 Å². The molecule has 2 aliphatic rings. The molecule has 2 N–H and O–H groups in total. The van der Waals surface area contributed by atoms with Gasteiger partial charge in [0.15, 0.2) is 0 Å². The number of nitrogens with zero attached hydrogens (tertiary/aromatic N) is 1. The maximum absolute atomic E-state index is 13.2. The summed E-state index contributed by atoms with van der Waals surface area (Å²) in [6.45, 7) is 2.95. The van der Waals surface area contributed by atoms with Crippen molar-refractivity contribution in [3.8, 4) is 18.1 Å². The zero-order valence-corrected chi connectivity index (χ0v) is 19.5. The molecule has 1 aliphatic heterocycles. The third kappa shape index (κ3) is 5.84. The topological polar surface area (TPSA) is 105 Å². The standard InChI is InChI=1S/C24H30N2O6S/c1-3-17-32-24(18-20-7-5-6-8-22(20)31-4-2)13-9-21(10-14-24)33(29,30)26-15-11-19(12-16-26)23(27)25-28/h1,5-10,13-14,19,21,28H,4,11-12,15-18H2,2H3,(H,25,27). The maximum atomic E-state index is 13.2. The predicted octanol–water partition coefficient (Wildman–Crippen LogP) is 2.06. The van der Waals surface area contributed by atoms with E-state index in [-0.39, 0.29) is 19.7 Å². The van der Waals surface area contributed by atoms with E-state index in [4.69, 9.17) is 21.1 Å². The Kier molecular flexibility index (Phi) is 8.32. The van der Waals surface area contributed by atoms with Crippen LogP contribution < -0.4 is 10.2 Å². The molecule has 1 aliphatic carbocycles. The van der Waals surface area contributed by atoms with Gasteiger partial charge < -0.3 is 9.47 Å². The van der Waals surface area contributed by atoms with Gasteiger partial charge in [0.25, 0.3) is 0 Å². The Balaban J connectivity index is 1.76. The van der Waals surface area contributed by atoms with E-state index in [0.29, 0.717) is 25.9 Å². The van der Waals surface area contributed by atoms with Crippen LogP contribution in [0.5, 0.6) is 5.75 Å². The molecule has 1 aromatic carbocycles. The molecule has 33 heavy (non-hydrogen) atoms. The maximum Gasteiger partial charge on any atom is 0.246 e. The molecule has 0 bridgehead atoms. The first-order chi connectivity index (χ1) is 15.8. The highest BCUT2D eigenvalue weighted by Crippen LogP contribution is 2.32. The molecule has 0 radical (unpaired) electrons. The lowest BCUT2D eigenvalue weighted by molar-refractivity contribution is -0.134. The lowest BCUT2D eigenvalue weighted by atomic mass is 9.89.